The number of nitrogens with zero attached hydrogens (tertiary/aromatic N) is 2. The molecule has 3 rings (SSSR count). The van der Waals surface area contributed by atoms with Crippen LogP contribution in [0, 0.1) is 0 Å². The van der Waals surface area contributed by atoms with Crippen molar-refractivity contribution in [1.29, 1.82) is 0 Å². The van der Waals surface area contributed by atoms with E-state index < -0.39 is 0 Å². The second kappa shape index (κ2) is 5.02. The quantitative estimate of drug-likeness (QED) is 0.777. The van der Waals surface area contributed by atoms with Gasteiger partial charge in [0.15, 0.2) is 5.82 Å². The van der Waals surface area contributed by atoms with Crippen molar-refractivity contribution in [2.45, 2.75) is 6.54 Å². The Hall–Kier alpha value is -2.49. The van der Waals surface area contributed by atoms with Gasteiger partial charge in [0.25, 0.3) is 0 Å². The van der Waals surface area contributed by atoms with Gasteiger partial charge in [-0.05, 0) is 24.3 Å². The number of hydrogen-bond donors (Lipinski definition) is 1. The Bertz CT molecular complexity index is 676. The van der Waals surface area contributed by atoms with Crippen molar-refractivity contribution < 1.29 is 4.74 Å². The van der Waals surface area contributed by atoms with Gasteiger partial charge in [-0.1, -0.05) is 30.3 Å². The molecule has 0 aliphatic heterocycles. The van der Waals surface area contributed by atoms with Crippen LogP contribution in [0.1, 0.15) is 0 Å². The molecule has 0 saturated carbocycles. The number of rotatable bonds is 4. The summed E-state index contributed by atoms with van der Waals surface area (Å²) in [5.74, 6) is 1.43. The Kier molecular flexibility index (Phi) is 3.06. The van der Waals surface area contributed by atoms with Gasteiger partial charge in [0.2, 0.25) is 0 Å². The third-order valence-electron chi connectivity index (χ3n) is 3.00. The van der Waals surface area contributed by atoms with Gasteiger partial charge in [-0.2, -0.15) is 5.10 Å². The minimum Gasteiger partial charge on any atom is -0.492 e. The molecule has 1 aromatic heterocycles. The summed E-state index contributed by atoms with van der Waals surface area (Å²) in [4.78, 5) is 0. The van der Waals surface area contributed by atoms with Crippen LogP contribution in [-0.4, -0.2) is 16.4 Å². The largest absolute Gasteiger partial charge is 0.492 e. The van der Waals surface area contributed by atoms with Gasteiger partial charge in [-0.15, -0.1) is 0 Å². The first kappa shape index (κ1) is 11.6. The minimum atomic E-state index is 0.565. The molecule has 0 saturated heterocycles. The summed E-state index contributed by atoms with van der Waals surface area (Å²) in [7, 11) is 0. The first-order valence-corrected chi connectivity index (χ1v) is 6.23. The fraction of sp³-hybridized carbons (Fsp3) is 0.133. The fourth-order valence-corrected chi connectivity index (χ4v) is 2.09. The molecule has 3 aromatic rings. The number of hydrogen-bond acceptors (Lipinski definition) is 3. The molecule has 0 aliphatic rings. The van der Waals surface area contributed by atoms with E-state index in [1.807, 2.05) is 59.3 Å². The summed E-state index contributed by atoms with van der Waals surface area (Å²) in [6.07, 6.45) is 0. The SMILES string of the molecule is Nc1nn(CCOc2ccccc2)c2ccccc12. The Morgan fingerprint density at radius 1 is 1.00 bits per heavy atom. The molecule has 4 heteroatoms. The predicted octanol–water partition coefficient (Wildman–Crippen LogP) is 2.70. The molecule has 0 bridgehead atoms. The fourth-order valence-electron chi connectivity index (χ4n) is 2.09. The number of nitrogens with two attached hydrogens (primary N) is 1. The highest BCUT2D eigenvalue weighted by molar-refractivity contribution is 5.88. The molecule has 0 unspecified atom stereocenters. The van der Waals surface area contributed by atoms with E-state index in [0.717, 1.165) is 16.7 Å². The molecule has 0 aliphatic carbocycles. The molecule has 0 amide bonds. The van der Waals surface area contributed by atoms with Gasteiger partial charge in [0.1, 0.15) is 12.4 Å². The maximum atomic E-state index is 5.89. The van der Waals surface area contributed by atoms with E-state index in [0.29, 0.717) is 19.0 Å². The number of benzene rings is 2. The monoisotopic (exact) mass is 253 g/mol. The topological polar surface area (TPSA) is 53.1 Å². The third kappa shape index (κ3) is 2.38. The molecule has 2 aromatic carbocycles. The van der Waals surface area contributed by atoms with E-state index in [1.54, 1.807) is 0 Å². The molecule has 2 N–H and O–H groups in total. The first-order chi connectivity index (χ1) is 9.34. The average Bonchev–Trinajstić information content (AvgIpc) is 2.78. The standard InChI is InChI=1S/C15H15N3O/c16-15-13-8-4-5-9-14(13)18(17-15)10-11-19-12-6-2-1-3-7-12/h1-9H,10-11H2,(H2,16,17). The minimum absolute atomic E-state index is 0.565. The van der Waals surface area contributed by atoms with Crippen LogP contribution in [-0.2, 0) is 6.54 Å². The van der Waals surface area contributed by atoms with Gasteiger partial charge in [-0.3, -0.25) is 4.68 Å². The van der Waals surface area contributed by atoms with Crippen molar-refractivity contribution in [1.82, 2.24) is 9.78 Å². The Labute approximate surface area is 111 Å². The second-order valence-electron chi connectivity index (χ2n) is 4.29. The first-order valence-electron chi connectivity index (χ1n) is 6.23. The normalized spacial score (nSPS) is 10.7. The summed E-state index contributed by atoms with van der Waals surface area (Å²) < 4.78 is 7.55. The molecular formula is C15H15N3O. The maximum Gasteiger partial charge on any atom is 0.153 e. The van der Waals surface area contributed by atoms with Crippen molar-refractivity contribution in [3.05, 3.63) is 54.6 Å². The number of nitrogen functional groups attached to an aromatic ring is 1. The zero-order valence-corrected chi connectivity index (χ0v) is 10.5. The van der Waals surface area contributed by atoms with Crippen molar-refractivity contribution in [3.63, 3.8) is 0 Å². The molecule has 0 atom stereocenters. The zero-order valence-electron chi connectivity index (χ0n) is 10.5. The number of fused-ring (bicyclic) bond motifs is 1. The number of para-hydroxylation sites is 2. The summed E-state index contributed by atoms with van der Waals surface area (Å²) in [6.45, 7) is 1.24. The highest BCUT2D eigenvalue weighted by Gasteiger charge is 2.06. The Balaban J connectivity index is 1.72. The molecule has 19 heavy (non-hydrogen) atoms. The van der Waals surface area contributed by atoms with E-state index in [2.05, 4.69) is 5.10 Å². The number of aromatic nitrogens is 2. The highest BCUT2D eigenvalue weighted by Crippen LogP contribution is 2.19. The Morgan fingerprint density at radius 3 is 2.58 bits per heavy atom. The summed E-state index contributed by atoms with van der Waals surface area (Å²) in [5, 5.41) is 5.32. The van der Waals surface area contributed by atoms with Crippen molar-refractivity contribution >= 4 is 16.7 Å². The molecule has 0 radical (unpaired) electrons. The second-order valence-corrected chi connectivity index (χ2v) is 4.29. The van der Waals surface area contributed by atoms with Crippen molar-refractivity contribution in [2.24, 2.45) is 0 Å². The molecule has 0 spiro atoms. The van der Waals surface area contributed by atoms with E-state index in [4.69, 9.17) is 10.5 Å². The Morgan fingerprint density at radius 2 is 1.74 bits per heavy atom. The van der Waals surface area contributed by atoms with Gasteiger partial charge in [0, 0.05) is 5.39 Å². The van der Waals surface area contributed by atoms with Crippen molar-refractivity contribution in [2.75, 3.05) is 12.3 Å². The van der Waals surface area contributed by atoms with Crippen LogP contribution in [0.2, 0.25) is 0 Å². The summed E-state index contributed by atoms with van der Waals surface area (Å²) >= 11 is 0. The summed E-state index contributed by atoms with van der Waals surface area (Å²) in [6, 6.07) is 17.7. The van der Waals surface area contributed by atoms with Gasteiger partial charge >= 0.3 is 0 Å². The van der Waals surface area contributed by atoms with Crippen molar-refractivity contribution in [3.8, 4) is 5.75 Å². The molecular weight excluding hydrogens is 238 g/mol. The predicted molar refractivity (Wildman–Crippen MR) is 76.1 cm³/mol. The van der Waals surface area contributed by atoms with Gasteiger partial charge in [0.05, 0.1) is 12.1 Å². The lowest BCUT2D eigenvalue weighted by atomic mass is 10.2. The van der Waals surface area contributed by atoms with Crippen LogP contribution >= 0.6 is 0 Å². The van der Waals surface area contributed by atoms with E-state index in [-0.39, 0.29) is 0 Å². The average molecular weight is 253 g/mol. The number of anilines is 1. The lowest BCUT2D eigenvalue weighted by Crippen LogP contribution is -2.09. The van der Waals surface area contributed by atoms with Gasteiger partial charge in [-0.25, -0.2) is 0 Å². The van der Waals surface area contributed by atoms with Crippen LogP contribution in [0.5, 0.6) is 5.75 Å². The molecule has 96 valence electrons. The smallest absolute Gasteiger partial charge is 0.153 e. The highest BCUT2D eigenvalue weighted by atomic mass is 16.5. The zero-order chi connectivity index (χ0) is 13.1. The lowest BCUT2D eigenvalue weighted by Gasteiger charge is -2.06. The van der Waals surface area contributed by atoms with Gasteiger partial charge < -0.3 is 10.5 Å². The molecule has 1 heterocycles. The maximum absolute atomic E-state index is 5.89. The summed E-state index contributed by atoms with van der Waals surface area (Å²) in [5.41, 5.74) is 6.93. The van der Waals surface area contributed by atoms with Crippen LogP contribution < -0.4 is 10.5 Å². The lowest BCUT2D eigenvalue weighted by molar-refractivity contribution is 0.294. The van der Waals surface area contributed by atoms with Crippen LogP contribution in [0.25, 0.3) is 10.9 Å². The van der Waals surface area contributed by atoms with E-state index in [9.17, 15) is 0 Å². The molecule has 0 fully saturated rings. The van der Waals surface area contributed by atoms with Crippen LogP contribution in [0.15, 0.2) is 54.6 Å². The molecule has 4 nitrogen and oxygen atoms in total. The third-order valence-corrected chi connectivity index (χ3v) is 3.00. The van der Waals surface area contributed by atoms with E-state index in [1.165, 1.54) is 0 Å². The van der Waals surface area contributed by atoms with Crippen LogP contribution in [0.4, 0.5) is 5.82 Å². The van der Waals surface area contributed by atoms with E-state index >= 15 is 0 Å². The van der Waals surface area contributed by atoms with Crippen LogP contribution in [0.3, 0.4) is 0 Å². The number of ether oxygens (including phenoxy) is 1.